The summed E-state index contributed by atoms with van der Waals surface area (Å²) < 4.78 is 22.0. The summed E-state index contributed by atoms with van der Waals surface area (Å²) in [5, 5.41) is 13.4. The van der Waals surface area contributed by atoms with E-state index >= 15 is 0 Å². The summed E-state index contributed by atoms with van der Waals surface area (Å²) >= 11 is 0. The van der Waals surface area contributed by atoms with Gasteiger partial charge in [-0.15, -0.1) is 4.99 Å². The van der Waals surface area contributed by atoms with Crippen molar-refractivity contribution in [3.63, 3.8) is 0 Å². The molecule has 218 valence electrons. The first-order valence-electron chi connectivity index (χ1n) is 13.7. The minimum Gasteiger partial charge on any atom is -0.457 e. The Morgan fingerprint density at radius 2 is 1.55 bits per heavy atom. The van der Waals surface area contributed by atoms with Crippen molar-refractivity contribution in [1.82, 2.24) is 5.06 Å². The molecule has 0 spiro atoms. The Bertz CT molecular complexity index is 762. The number of carbonyl (C=O) groups is 1. The Balaban J connectivity index is 2.75. The van der Waals surface area contributed by atoms with Crippen LogP contribution in [-0.4, -0.2) is 74.8 Å². The first-order chi connectivity index (χ1) is 18.5. The number of ether oxygens (including phenoxy) is 4. The van der Waals surface area contributed by atoms with Gasteiger partial charge in [-0.05, 0) is 32.8 Å². The van der Waals surface area contributed by atoms with Crippen LogP contribution in [0.4, 0.5) is 5.69 Å². The van der Waals surface area contributed by atoms with Gasteiger partial charge >= 0.3 is 5.97 Å². The van der Waals surface area contributed by atoms with Crippen molar-refractivity contribution in [3.8, 4) is 0 Å². The Hall–Kier alpha value is -2.15. The van der Waals surface area contributed by atoms with Gasteiger partial charge in [-0.3, -0.25) is 14.9 Å². The highest BCUT2D eigenvalue weighted by Gasteiger charge is 2.29. The Morgan fingerprint density at radius 3 is 2.16 bits per heavy atom. The second-order valence-electron chi connectivity index (χ2n) is 8.67. The number of hydrogen-bond donors (Lipinski definition) is 0. The lowest BCUT2D eigenvalue weighted by molar-refractivity contribution is -0.445. The number of esters is 1. The van der Waals surface area contributed by atoms with Gasteiger partial charge in [-0.2, -0.15) is 5.06 Å². The molecular formula is C27H46N2O9. The minimum absolute atomic E-state index is 0.00712. The number of nitrogens with zero attached hydrogens (tertiary/aromatic N) is 2. The van der Waals surface area contributed by atoms with E-state index in [4.69, 9.17) is 28.8 Å². The van der Waals surface area contributed by atoms with E-state index in [1.807, 2.05) is 20.8 Å². The first-order valence-corrected chi connectivity index (χ1v) is 13.7. The van der Waals surface area contributed by atoms with E-state index in [1.165, 1.54) is 6.07 Å². The fourth-order valence-corrected chi connectivity index (χ4v) is 3.55. The third kappa shape index (κ3) is 14.7. The summed E-state index contributed by atoms with van der Waals surface area (Å²) in [6, 6.07) is 6.28. The molecule has 0 fully saturated rings. The van der Waals surface area contributed by atoms with Crippen LogP contribution in [0, 0.1) is 10.1 Å². The lowest BCUT2D eigenvalue weighted by atomic mass is 9.99. The molecule has 11 heteroatoms. The molecule has 2 atom stereocenters. The molecule has 11 nitrogen and oxygen atoms in total. The third-order valence-electron chi connectivity index (χ3n) is 5.64. The molecular weight excluding hydrogens is 496 g/mol. The molecule has 0 N–H and O–H groups in total. The van der Waals surface area contributed by atoms with Crippen molar-refractivity contribution in [2.45, 2.75) is 78.4 Å². The Labute approximate surface area is 226 Å². The normalized spacial score (nSPS) is 13.0. The van der Waals surface area contributed by atoms with Crippen LogP contribution in [0.5, 0.6) is 0 Å². The fourth-order valence-electron chi connectivity index (χ4n) is 3.55. The molecule has 38 heavy (non-hydrogen) atoms. The van der Waals surface area contributed by atoms with Crippen molar-refractivity contribution in [1.29, 1.82) is 0 Å². The fraction of sp³-hybridized carbons (Fsp3) is 0.741. The molecule has 1 aromatic rings. The zero-order valence-electron chi connectivity index (χ0n) is 23.4. The molecule has 0 saturated carbocycles. The first kappa shape index (κ1) is 33.9. The van der Waals surface area contributed by atoms with Gasteiger partial charge in [-0.1, -0.05) is 38.8 Å². The zero-order chi connectivity index (χ0) is 28.0. The van der Waals surface area contributed by atoms with E-state index in [0.717, 1.165) is 19.3 Å². The van der Waals surface area contributed by atoms with Gasteiger partial charge in [0, 0.05) is 32.2 Å². The van der Waals surface area contributed by atoms with Crippen LogP contribution in [0.25, 0.3) is 0 Å². The van der Waals surface area contributed by atoms with Gasteiger partial charge in [0.25, 0.3) is 5.69 Å². The highest BCUT2D eigenvalue weighted by Crippen LogP contribution is 2.33. The monoisotopic (exact) mass is 542 g/mol. The van der Waals surface area contributed by atoms with Crippen LogP contribution in [-0.2, 0) is 33.6 Å². The molecule has 0 amide bonds. The van der Waals surface area contributed by atoms with Crippen LogP contribution >= 0.6 is 0 Å². The lowest BCUT2D eigenvalue weighted by Crippen LogP contribution is -2.28. The Morgan fingerprint density at radius 1 is 0.921 bits per heavy atom. The van der Waals surface area contributed by atoms with Crippen molar-refractivity contribution in [2.24, 2.45) is 0 Å². The van der Waals surface area contributed by atoms with Crippen molar-refractivity contribution in [3.05, 3.63) is 39.9 Å². The third-order valence-corrected chi connectivity index (χ3v) is 5.64. The number of carbonyl (C=O) groups excluding carboxylic acids is 1. The molecule has 0 radical (unpaired) electrons. The molecule has 0 heterocycles. The van der Waals surface area contributed by atoms with E-state index in [0.29, 0.717) is 58.1 Å². The average Bonchev–Trinajstić information content (AvgIpc) is 2.92. The van der Waals surface area contributed by atoms with Crippen LogP contribution in [0.1, 0.15) is 77.9 Å². The second kappa shape index (κ2) is 21.7. The van der Waals surface area contributed by atoms with Crippen molar-refractivity contribution >= 4 is 11.7 Å². The smallest absolute Gasteiger partial charge is 0.308 e. The number of para-hydroxylation sites is 1. The number of hydrogen-bond acceptors (Lipinski definition) is 10. The summed E-state index contributed by atoms with van der Waals surface area (Å²) in [7, 11) is 0. The molecule has 0 saturated heterocycles. The van der Waals surface area contributed by atoms with E-state index in [1.54, 1.807) is 23.3 Å². The molecule has 0 bridgehead atoms. The SMILES string of the molecule is CCCCC(CC(OC(=O)CCOCCOCCOCCC)c1ccccc1[N+](=O)[O-])OON(CC)CC. The van der Waals surface area contributed by atoms with Gasteiger partial charge < -0.3 is 18.9 Å². The number of benzene rings is 1. The summed E-state index contributed by atoms with van der Waals surface area (Å²) in [5.74, 6) is -0.513. The van der Waals surface area contributed by atoms with Crippen LogP contribution in [0.15, 0.2) is 24.3 Å². The minimum atomic E-state index is -0.877. The number of nitro benzene ring substituents is 1. The predicted molar refractivity (Wildman–Crippen MR) is 142 cm³/mol. The predicted octanol–water partition coefficient (Wildman–Crippen LogP) is 5.18. The molecule has 0 aliphatic rings. The lowest BCUT2D eigenvalue weighted by Gasteiger charge is -2.25. The largest absolute Gasteiger partial charge is 0.457 e. The topological polar surface area (TPSA) is 119 Å². The van der Waals surface area contributed by atoms with Crippen molar-refractivity contribution in [2.75, 3.05) is 52.7 Å². The maximum atomic E-state index is 12.7. The highest BCUT2D eigenvalue weighted by molar-refractivity contribution is 5.70. The molecule has 0 aliphatic heterocycles. The second-order valence-corrected chi connectivity index (χ2v) is 8.67. The van der Waals surface area contributed by atoms with Crippen LogP contribution in [0.3, 0.4) is 0 Å². The van der Waals surface area contributed by atoms with Gasteiger partial charge in [0.15, 0.2) is 0 Å². The summed E-state index contributed by atoms with van der Waals surface area (Å²) in [5.41, 5.74) is 0.207. The number of unbranched alkanes of at least 4 members (excludes halogenated alkanes) is 1. The Kier molecular flexibility index (Phi) is 19.4. The van der Waals surface area contributed by atoms with Gasteiger partial charge in [0.05, 0.1) is 56.0 Å². The van der Waals surface area contributed by atoms with E-state index in [-0.39, 0.29) is 25.1 Å². The number of hydroxylamine groups is 2. The van der Waals surface area contributed by atoms with Crippen molar-refractivity contribution < 1.29 is 38.5 Å². The maximum Gasteiger partial charge on any atom is 0.308 e. The molecule has 0 aromatic heterocycles. The quantitative estimate of drug-likeness (QED) is 0.0568. The van der Waals surface area contributed by atoms with Gasteiger partial charge in [0.1, 0.15) is 6.10 Å². The maximum absolute atomic E-state index is 12.7. The van der Waals surface area contributed by atoms with Crippen LogP contribution < -0.4 is 0 Å². The highest BCUT2D eigenvalue weighted by atomic mass is 17.3. The average molecular weight is 543 g/mol. The number of rotatable bonds is 24. The van der Waals surface area contributed by atoms with Gasteiger partial charge in [-0.25, -0.2) is 4.89 Å². The molecule has 0 aliphatic carbocycles. The summed E-state index contributed by atoms with van der Waals surface area (Å²) in [4.78, 5) is 35.1. The molecule has 2 unspecified atom stereocenters. The summed E-state index contributed by atoms with van der Waals surface area (Å²) in [6.45, 7) is 11.9. The molecule has 1 aromatic carbocycles. The van der Waals surface area contributed by atoms with E-state index < -0.39 is 23.1 Å². The number of nitro groups is 1. The van der Waals surface area contributed by atoms with Gasteiger partial charge in [0.2, 0.25) is 0 Å². The van der Waals surface area contributed by atoms with E-state index in [9.17, 15) is 14.9 Å². The summed E-state index contributed by atoms with van der Waals surface area (Å²) in [6.07, 6.45) is 2.34. The van der Waals surface area contributed by atoms with Crippen LogP contribution in [0.2, 0.25) is 0 Å². The standard InChI is InChI=1S/C27H46N2O9/c1-5-9-12-23(37-38-28(7-3)8-4)22-26(24-13-10-11-14-25(24)29(31)32)36-27(30)15-17-34-19-21-35-20-18-33-16-6-2/h10-11,13-14,23,26H,5-9,12,15-22H2,1-4H3. The van der Waals surface area contributed by atoms with E-state index in [2.05, 4.69) is 6.92 Å². The molecule has 1 rings (SSSR count). The zero-order valence-corrected chi connectivity index (χ0v) is 23.4.